The number of allylic oxidation sites excluding steroid dienone is 1. The number of aliphatic carboxylic acids is 1. The number of hydrogen-bond acceptors (Lipinski definition) is 5. The molecule has 2 fully saturated rings. The van der Waals surface area contributed by atoms with Crippen LogP contribution >= 0.6 is 0 Å². The lowest BCUT2D eigenvalue weighted by Gasteiger charge is -2.59. The number of carbonyl (C=O) groups excluding carboxylic acids is 1. The van der Waals surface area contributed by atoms with Gasteiger partial charge in [-0.25, -0.2) is 0 Å². The largest absolute Gasteiger partial charge is 0.481 e. The Balaban J connectivity index is 1.59. The molecule has 6 heteroatoms. The van der Waals surface area contributed by atoms with Crippen molar-refractivity contribution in [2.45, 2.75) is 103 Å². The molecule has 190 valence electrons. The van der Waals surface area contributed by atoms with Crippen molar-refractivity contribution in [1.29, 1.82) is 0 Å². The third kappa shape index (κ3) is 3.72. The van der Waals surface area contributed by atoms with Gasteiger partial charge in [-0.1, -0.05) is 26.0 Å². The number of fused-ring (bicyclic) bond motifs is 4. The highest BCUT2D eigenvalue weighted by molar-refractivity contribution is 5.99. The summed E-state index contributed by atoms with van der Waals surface area (Å²) in [7, 11) is 0. The second-order valence-corrected chi connectivity index (χ2v) is 12.4. The van der Waals surface area contributed by atoms with Crippen LogP contribution in [-0.2, 0) is 9.59 Å². The van der Waals surface area contributed by atoms with Crippen molar-refractivity contribution < 1.29 is 30.0 Å². The lowest BCUT2D eigenvalue weighted by atomic mass is 9.47. The van der Waals surface area contributed by atoms with Gasteiger partial charge in [0.1, 0.15) is 0 Å². The van der Waals surface area contributed by atoms with E-state index in [1.807, 2.05) is 0 Å². The van der Waals surface area contributed by atoms with Gasteiger partial charge in [0.15, 0.2) is 5.78 Å². The van der Waals surface area contributed by atoms with Gasteiger partial charge in [-0.3, -0.25) is 9.59 Å². The highest BCUT2D eigenvalue weighted by atomic mass is 16.4. The van der Waals surface area contributed by atoms with Crippen molar-refractivity contribution in [3.8, 4) is 0 Å². The number of hydrogen-bond donors (Lipinski definition) is 4. The maximum atomic E-state index is 13.8. The molecule has 4 aliphatic carbocycles. The molecule has 0 heterocycles. The highest BCUT2D eigenvalue weighted by Gasteiger charge is 2.63. The van der Waals surface area contributed by atoms with Gasteiger partial charge in [-0.2, -0.15) is 0 Å². The first-order chi connectivity index (χ1) is 15.7. The van der Waals surface area contributed by atoms with E-state index < -0.39 is 35.1 Å². The van der Waals surface area contributed by atoms with Gasteiger partial charge in [-0.15, -0.1) is 0 Å². The Morgan fingerprint density at radius 1 is 1.18 bits per heavy atom. The van der Waals surface area contributed by atoms with Crippen LogP contribution in [-0.4, -0.2) is 50.0 Å². The van der Waals surface area contributed by atoms with Crippen LogP contribution in [0.1, 0.15) is 85.5 Å². The standard InChI is InChI=1S/C28H42O6/c1-15(16(2)25(32)33)7-6-8-17-9-10-18-23-19(29)13-21-26(3,12-11-22(31)28(21,5)34)24(23)20(30)14-27(17,18)4/h16-19,21-22,29,31,34H,1,6-14H2,2-5H3,(H,32,33)/t16-,17-,18-,19-,21+,22+,26-,27+,28+/m0/s1. The molecule has 2 saturated carbocycles. The maximum absolute atomic E-state index is 13.8. The highest BCUT2D eigenvalue weighted by Crippen LogP contribution is 2.65. The lowest BCUT2D eigenvalue weighted by molar-refractivity contribution is -0.174. The van der Waals surface area contributed by atoms with E-state index in [2.05, 4.69) is 20.4 Å². The molecule has 34 heavy (non-hydrogen) atoms. The van der Waals surface area contributed by atoms with Crippen molar-refractivity contribution in [3.63, 3.8) is 0 Å². The smallest absolute Gasteiger partial charge is 0.310 e. The van der Waals surface area contributed by atoms with Gasteiger partial charge in [-0.05, 0) is 88.0 Å². The van der Waals surface area contributed by atoms with Crippen LogP contribution in [0.25, 0.3) is 0 Å². The molecule has 4 N–H and O–H groups in total. The zero-order valence-electron chi connectivity index (χ0n) is 21.1. The van der Waals surface area contributed by atoms with Gasteiger partial charge in [0.2, 0.25) is 0 Å². The first-order valence-corrected chi connectivity index (χ1v) is 13.0. The SMILES string of the molecule is C=C(CCC[C@H]1CC[C@H]2C3=C(C(=O)C[C@]12C)[C@@]1(C)CC[C@@H](O)[C@](C)(O)[C@@H]1C[C@@H]3O)[C@H](C)C(=O)O. The normalized spacial score (nSPS) is 44.8. The molecule has 9 atom stereocenters. The minimum atomic E-state index is -1.33. The van der Waals surface area contributed by atoms with E-state index in [0.29, 0.717) is 38.0 Å². The molecule has 0 unspecified atom stereocenters. The van der Waals surface area contributed by atoms with E-state index in [1.165, 1.54) is 0 Å². The summed E-state index contributed by atoms with van der Waals surface area (Å²) in [6, 6.07) is 0. The van der Waals surface area contributed by atoms with E-state index in [9.17, 15) is 30.0 Å². The molecule has 0 saturated heterocycles. The molecular weight excluding hydrogens is 432 g/mol. The Morgan fingerprint density at radius 3 is 2.50 bits per heavy atom. The molecule has 0 spiro atoms. The molecule has 6 nitrogen and oxygen atoms in total. The van der Waals surface area contributed by atoms with E-state index in [1.54, 1.807) is 13.8 Å². The number of carboxylic acid groups (broad SMARTS) is 1. The molecule has 4 aliphatic rings. The average molecular weight is 475 g/mol. The number of rotatable bonds is 6. The Hall–Kier alpha value is -1.50. The van der Waals surface area contributed by atoms with Crippen LogP contribution < -0.4 is 0 Å². The van der Waals surface area contributed by atoms with Crippen molar-refractivity contribution in [2.75, 3.05) is 0 Å². The summed E-state index contributed by atoms with van der Waals surface area (Å²) in [5, 5.41) is 42.2. The summed E-state index contributed by atoms with van der Waals surface area (Å²) in [4.78, 5) is 25.0. The zero-order valence-corrected chi connectivity index (χ0v) is 21.1. The average Bonchev–Trinajstić information content (AvgIpc) is 3.07. The first-order valence-electron chi connectivity index (χ1n) is 13.0. The molecule has 0 radical (unpaired) electrons. The third-order valence-corrected chi connectivity index (χ3v) is 10.5. The van der Waals surface area contributed by atoms with Crippen molar-refractivity contribution >= 4 is 11.8 Å². The maximum Gasteiger partial charge on any atom is 0.310 e. The van der Waals surface area contributed by atoms with Crippen LogP contribution in [0.3, 0.4) is 0 Å². The molecule has 0 bridgehead atoms. The number of aliphatic hydroxyl groups excluding tert-OH is 2. The van der Waals surface area contributed by atoms with Gasteiger partial charge in [0.25, 0.3) is 0 Å². The predicted octanol–water partition coefficient (Wildman–Crippen LogP) is 4.03. The Kier molecular flexibility index (Phi) is 6.44. The number of ketones is 1. The summed E-state index contributed by atoms with van der Waals surface area (Å²) < 4.78 is 0. The topological polar surface area (TPSA) is 115 Å². The van der Waals surface area contributed by atoms with Gasteiger partial charge < -0.3 is 20.4 Å². The number of aliphatic hydroxyl groups is 3. The molecule has 0 aromatic heterocycles. The van der Waals surface area contributed by atoms with Crippen molar-refractivity contribution in [2.24, 2.45) is 34.5 Å². The first kappa shape index (κ1) is 25.6. The minimum Gasteiger partial charge on any atom is -0.481 e. The van der Waals surface area contributed by atoms with Crippen LogP contribution in [0.15, 0.2) is 23.3 Å². The second kappa shape index (κ2) is 8.56. The summed E-state index contributed by atoms with van der Waals surface area (Å²) in [6.45, 7) is 11.5. The Bertz CT molecular complexity index is 918. The number of Topliss-reactive ketones (excluding diaryl/α,β-unsaturated/α-hetero) is 1. The summed E-state index contributed by atoms with van der Waals surface area (Å²) >= 11 is 0. The molecule has 0 aromatic rings. The monoisotopic (exact) mass is 474 g/mol. The Morgan fingerprint density at radius 2 is 1.85 bits per heavy atom. The van der Waals surface area contributed by atoms with E-state index >= 15 is 0 Å². The van der Waals surface area contributed by atoms with Gasteiger partial charge in [0, 0.05) is 23.3 Å². The van der Waals surface area contributed by atoms with Gasteiger partial charge in [0.05, 0.1) is 23.7 Å². The number of carboxylic acids is 1. The summed E-state index contributed by atoms with van der Waals surface area (Å²) in [5.41, 5.74) is 0.326. The molecular formula is C28H42O6. The van der Waals surface area contributed by atoms with Crippen molar-refractivity contribution in [1.82, 2.24) is 0 Å². The molecule has 0 amide bonds. The van der Waals surface area contributed by atoms with Crippen LogP contribution in [0, 0.1) is 34.5 Å². The fourth-order valence-electron chi connectivity index (χ4n) is 8.28. The zero-order chi connectivity index (χ0) is 25.2. The van der Waals surface area contributed by atoms with E-state index in [-0.39, 0.29) is 23.0 Å². The predicted molar refractivity (Wildman–Crippen MR) is 129 cm³/mol. The van der Waals surface area contributed by atoms with Crippen LogP contribution in [0.5, 0.6) is 0 Å². The van der Waals surface area contributed by atoms with Crippen LogP contribution in [0.4, 0.5) is 0 Å². The summed E-state index contributed by atoms with van der Waals surface area (Å²) in [6.07, 6.45) is 4.68. The molecule has 4 rings (SSSR count). The van der Waals surface area contributed by atoms with E-state index in [4.69, 9.17) is 0 Å². The summed E-state index contributed by atoms with van der Waals surface area (Å²) in [5.74, 6) is -1.16. The third-order valence-electron chi connectivity index (χ3n) is 10.5. The molecule has 0 aliphatic heterocycles. The minimum absolute atomic E-state index is 0.1000. The van der Waals surface area contributed by atoms with Crippen molar-refractivity contribution in [3.05, 3.63) is 23.3 Å². The second-order valence-electron chi connectivity index (χ2n) is 12.4. The van der Waals surface area contributed by atoms with E-state index in [0.717, 1.165) is 42.4 Å². The van der Waals surface area contributed by atoms with Gasteiger partial charge >= 0.3 is 5.97 Å². The quantitative estimate of drug-likeness (QED) is 0.432. The van der Waals surface area contributed by atoms with Crippen LogP contribution in [0.2, 0.25) is 0 Å². The number of carbonyl (C=O) groups is 2. The Labute approximate surface area is 203 Å². The molecule has 0 aromatic carbocycles. The fraction of sp³-hybridized carbons (Fsp3) is 0.786. The fourth-order valence-corrected chi connectivity index (χ4v) is 8.28. The lowest BCUT2D eigenvalue weighted by Crippen LogP contribution is -2.61.